The van der Waals surface area contributed by atoms with Crippen LogP contribution in [0.15, 0.2) is 36.4 Å². The average molecular weight is 409 g/mol. The number of aryl methyl sites for hydroxylation is 2. The van der Waals surface area contributed by atoms with Crippen LogP contribution in [0.25, 0.3) is 0 Å². The highest BCUT2D eigenvalue weighted by Gasteiger charge is 2.13. The first-order valence-electron chi connectivity index (χ1n) is 8.03. The Balaban J connectivity index is 1.79. The number of esters is 1. The first kappa shape index (κ1) is 20.7. The van der Waals surface area contributed by atoms with Gasteiger partial charge in [0.15, 0.2) is 6.61 Å². The van der Waals surface area contributed by atoms with Gasteiger partial charge in [-0.15, -0.1) is 0 Å². The molecule has 0 fully saturated rings. The van der Waals surface area contributed by atoms with Gasteiger partial charge >= 0.3 is 5.97 Å². The lowest BCUT2D eigenvalue weighted by atomic mass is 10.1. The minimum Gasteiger partial charge on any atom is -0.454 e. The second-order valence-electron chi connectivity index (χ2n) is 5.79. The summed E-state index contributed by atoms with van der Waals surface area (Å²) in [5, 5.41) is 5.65. The maximum Gasteiger partial charge on any atom is 0.325 e. The van der Waals surface area contributed by atoms with Crippen molar-refractivity contribution in [2.24, 2.45) is 0 Å². The van der Waals surface area contributed by atoms with Crippen LogP contribution in [-0.4, -0.2) is 30.9 Å². The molecule has 142 valence electrons. The first-order valence-corrected chi connectivity index (χ1v) is 8.78. The van der Waals surface area contributed by atoms with Gasteiger partial charge in [0, 0.05) is 11.3 Å². The number of para-hydroxylation sites is 1. The van der Waals surface area contributed by atoms with Crippen molar-refractivity contribution in [1.82, 2.24) is 5.32 Å². The summed E-state index contributed by atoms with van der Waals surface area (Å²) in [6.45, 7) is 2.91. The predicted octanol–water partition coefficient (Wildman–Crippen LogP) is 3.52. The molecule has 27 heavy (non-hydrogen) atoms. The van der Waals surface area contributed by atoms with Gasteiger partial charge in [-0.3, -0.25) is 14.4 Å². The molecule has 2 aromatic rings. The van der Waals surface area contributed by atoms with E-state index in [1.54, 1.807) is 0 Å². The molecule has 0 aliphatic rings. The van der Waals surface area contributed by atoms with E-state index < -0.39 is 24.4 Å². The van der Waals surface area contributed by atoms with Gasteiger partial charge in [-0.05, 0) is 43.2 Å². The smallest absolute Gasteiger partial charge is 0.325 e. The standard InChI is InChI=1S/C19H18Cl2N2O4/c1-11-4-3-5-12(2)18(11)23-16(24)10-27-17(25)9-22-19(26)13-6-7-14(20)15(21)8-13/h3-8H,9-10H2,1-2H3,(H,22,26)(H,23,24). The Labute approximate surface area is 166 Å². The molecule has 6 nitrogen and oxygen atoms in total. The molecule has 0 aliphatic heterocycles. The lowest BCUT2D eigenvalue weighted by molar-refractivity contribution is -0.146. The van der Waals surface area contributed by atoms with Crippen molar-refractivity contribution < 1.29 is 19.1 Å². The van der Waals surface area contributed by atoms with Gasteiger partial charge in [-0.25, -0.2) is 0 Å². The molecule has 2 rings (SSSR count). The van der Waals surface area contributed by atoms with Crippen molar-refractivity contribution in [1.29, 1.82) is 0 Å². The van der Waals surface area contributed by atoms with Gasteiger partial charge < -0.3 is 15.4 Å². The number of halogens is 2. The highest BCUT2D eigenvalue weighted by Crippen LogP contribution is 2.22. The molecule has 2 amide bonds. The summed E-state index contributed by atoms with van der Waals surface area (Å²) < 4.78 is 4.87. The van der Waals surface area contributed by atoms with Crippen molar-refractivity contribution in [3.05, 3.63) is 63.1 Å². The lowest BCUT2D eigenvalue weighted by Crippen LogP contribution is -2.32. The molecule has 0 unspecified atom stereocenters. The van der Waals surface area contributed by atoms with Gasteiger partial charge in [0.2, 0.25) is 0 Å². The molecule has 8 heteroatoms. The molecule has 2 N–H and O–H groups in total. The summed E-state index contributed by atoms with van der Waals surface area (Å²) >= 11 is 11.6. The molecule has 0 saturated carbocycles. The fraction of sp³-hybridized carbons (Fsp3) is 0.211. The molecule has 0 heterocycles. The van der Waals surface area contributed by atoms with Crippen LogP contribution in [0.4, 0.5) is 5.69 Å². The normalized spacial score (nSPS) is 10.2. The van der Waals surface area contributed by atoms with Crippen molar-refractivity contribution in [3.8, 4) is 0 Å². The van der Waals surface area contributed by atoms with Crippen molar-refractivity contribution >= 4 is 46.7 Å². The Kier molecular flexibility index (Phi) is 7.21. The number of hydrogen-bond donors (Lipinski definition) is 2. The summed E-state index contributed by atoms with van der Waals surface area (Å²) in [6.07, 6.45) is 0. The number of carbonyl (C=O) groups is 3. The quantitative estimate of drug-likeness (QED) is 0.716. The van der Waals surface area contributed by atoms with Crippen molar-refractivity contribution in [2.45, 2.75) is 13.8 Å². The highest BCUT2D eigenvalue weighted by molar-refractivity contribution is 6.42. The SMILES string of the molecule is Cc1cccc(C)c1NC(=O)COC(=O)CNC(=O)c1ccc(Cl)c(Cl)c1. The van der Waals surface area contributed by atoms with E-state index in [0.717, 1.165) is 11.1 Å². The number of nitrogens with one attached hydrogen (secondary N) is 2. The zero-order valence-electron chi connectivity index (χ0n) is 14.8. The lowest BCUT2D eigenvalue weighted by Gasteiger charge is -2.11. The number of ether oxygens (including phenoxy) is 1. The van der Waals surface area contributed by atoms with Crippen LogP contribution in [0.3, 0.4) is 0 Å². The van der Waals surface area contributed by atoms with E-state index in [-0.39, 0.29) is 17.1 Å². The van der Waals surface area contributed by atoms with E-state index >= 15 is 0 Å². The number of benzene rings is 2. The van der Waals surface area contributed by atoms with Gasteiger partial charge in [-0.1, -0.05) is 41.4 Å². The van der Waals surface area contributed by atoms with E-state index in [9.17, 15) is 14.4 Å². The number of amides is 2. The number of rotatable bonds is 6. The molecule has 0 bridgehead atoms. The predicted molar refractivity (Wildman–Crippen MR) is 104 cm³/mol. The summed E-state index contributed by atoms with van der Waals surface area (Å²) in [7, 11) is 0. The third-order valence-electron chi connectivity index (χ3n) is 3.68. The largest absolute Gasteiger partial charge is 0.454 e. The number of carbonyl (C=O) groups excluding carboxylic acids is 3. The average Bonchev–Trinajstić information content (AvgIpc) is 2.63. The van der Waals surface area contributed by atoms with Gasteiger partial charge in [-0.2, -0.15) is 0 Å². The summed E-state index contributed by atoms with van der Waals surface area (Å²) in [4.78, 5) is 35.6. The Morgan fingerprint density at radius 2 is 1.67 bits per heavy atom. The minimum absolute atomic E-state index is 0.232. The van der Waals surface area contributed by atoms with Crippen LogP contribution in [0.5, 0.6) is 0 Å². The summed E-state index contributed by atoms with van der Waals surface area (Å²) in [6, 6.07) is 9.97. The molecule has 2 aromatic carbocycles. The molecule has 0 aromatic heterocycles. The number of anilines is 1. The monoisotopic (exact) mass is 408 g/mol. The zero-order chi connectivity index (χ0) is 20.0. The van der Waals surface area contributed by atoms with Crippen molar-refractivity contribution in [3.63, 3.8) is 0 Å². The van der Waals surface area contributed by atoms with E-state index in [4.69, 9.17) is 27.9 Å². The van der Waals surface area contributed by atoms with E-state index in [2.05, 4.69) is 10.6 Å². The van der Waals surface area contributed by atoms with Crippen LogP contribution >= 0.6 is 23.2 Å². The summed E-state index contributed by atoms with van der Waals surface area (Å²) in [5.41, 5.74) is 2.75. The molecular formula is C19H18Cl2N2O4. The molecule has 0 aliphatic carbocycles. The van der Waals surface area contributed by atoms with Crippen LogP contribution in [0.2, 0.25) is 10.0 Å². The Hall–Kier alpha value is -2.57. The van der Waals surface area contributed by atoms with E-state index in [1.165, 1.54) is 18.2 Å². The topological polar surface area (TPSA) is 84.5 Å². The Bertz CT molecular complexity index is 864. The third-order valence-corrected chi connectivity index (χ3v) is 4.42. The highest BCUT2D eigenvalue weighted by atomic mass is 35.5. The van der Waals surface area contributed by atoms with Crippen LogP contribution in [0, 0.1) is 13.8 Å². The van der Waals surface area contributed by atoms with Crippen molar-refractivity contribution in [2.75, 3.05) is 18.5 Å². The van der Waals surface area contributed by atoms with E-state index in [1.807, 2.05) is 32.0 Å². The van der Waals surface area contributed by atoms with Crippen LogP contribution < -0.4 is 10.6 Å². The zero-order valence-corrected chi connectivity index (χ0v) is 16.3. The molecule has 0 atom stereocenters. The van der Waals surface area contributed by atoms with Gasteiger partial charge in [0.1, 0.15) is 6.54 Å². The molecule has 0 spiro atoms. The van der Waals surface area contributed by atoms with Crippen LogP contribution in [-0.2, 0) is 14.3 Å². The van der Waals surface area contributed by atoms with Gasteiger partial charge in [0.25, 0.3) is 11.8 Å². The second-order valence-corrected chi connectivity index (χ2v) is 6.60. The van der Waals surface area contributed by atoms with E-state index in [0.29, 0.717) is 10.7 Å². The molecule has 0 radical (unpaired) electrons. The third kappa shape index (κ3) is 5.98. The maximum atomic E-state index is 12.0. The molecular weight excluding hydrogens is 391 g/mol. The summed E-state index contributed by atoms with van der Waals surface area (Å²) in [5.74, 6) is -1.71. The molecule has 0 saturated heterocycles. The minimum atomic E-state index is -0.736. The van der Waals surface area contributed by atoms with Gasteiger partial charge in [0.05, 0.1) is 10.0 Å². The Morgan fingerprint density at radius 3 is 2.30 bits per heavy atom. The maximum absolute atomic E-state index is 12.0. The fourth-order valence-corrected chi connectivity index (χ4v) is 2.57. The first-order chi connectivity index (χ1) is 12.8. The number of hydrogen-bond acceptors (Lipinski definition) is 4. The van der Waals surface area contributed by atoms with Crippen LogP contribution in [0.1, 0.15) is 21.5 Å². The second kappa shape index (κ2) is 9.39. The fourth-order valence-electron chi connectivity index (χ4n) is 2.28. The Morgan fingerprint density at radius 1 is 1.00 bits per heavy atom.